The SMILES string of the molecule is Cn1c(C(F)(F)F)cc(=O)n(-c2ccc(Cl)c(C(=O)C3CC3)c2)c1=O. The first kappa shape index (κ1) is 17.5. The average molecular weight is 373 g/mol. The molecule has 1 aliphatic rings. The smallest absolute Gasteiger partial charge is 0.294 e. The van der Waals surface area contributed by atoms with E-state index in [1.165, 1.54) is 18.2 Å². The van der Waals surface area contributed by atoms with Crippen LogP contribution in [-0.4, -0.2) is 14.9 Å². The lowest BCUT2D eigenvalue weighted by molar-refractivity contribution is -0.144. The fraction of sp³-hybridized carbons (Fsp3) is 0.312. The molecule has 0 radical (unpaired) electrons. The Morgan fingerprint density at radius 1 is 1.20 bits per heavy atom. The maximum absolute atomic E-state index is 12.9. The third-order valence-corrected chi connectivity index (χ3v) is 4.36. The van der Waals surface area contributed by atoms with Crippen LogP contribution < -0.4 is 11.2 Å². The van der Waals surface area contributed by atoms with Gasteiger partial charge in [-0.15, -0.1) is 0 Å². The Morgan fingerprint density at radius 3 is 2.40 bits per heavy atom. The van der Waals surface area contributed by atoms with Crippen LogP contribution in [0, 0.1) is 5.92 Å². The Morgan fingerprint density at radius 2 is 1.84 bits per heavy atom. The summed E-state index contributed by atoms with van der Waals surface area (Å²) >= 11 is 6.01. The first-order chi connectivity index (χ1) is 11.6. The van der Waals surface area contributed by atoms with Crippen molar-refractivity contribution in [2.24, 2.45) is 13.0 Å². The Kier molecular flexibility index (Phi) is 4.10. The summed E-state index contributed by atoms with van der Waals surface area (Å²) in [5, 5.41) is 0.164. The zero-order chi connectivity index (χ0) is 18.5. The predicted molar refractivity (Wildman–Crippen MR) is 84.3 cm³/mol. The van der Waals surface area contributed by atoms with E-state index in [1.54, 1.807) is 0 Å². The van der Waals surface area contributed by atoms with Crippen LogP contribution in [0.2, 0.25) is 5.02 Å². The molecule has 3 rings (SSSR count). The van der Waals surface area contributed by atoms with E-state index in [2.05, 4.69) is 0 Å². The molecule has 0 bridgehead atoms. The van der Waals surface area contributed by atoms with Gasteiger partial charge in [0.25, 0.3) is 5.56 Å². The van der Waals surface area contributed by atoms with Gasteiger partial charge >= 0.3 is 11.9 Å². The van der Waals surface area contributed by atoms with E-state index in [1.807, 2.05) is 0 Å². The molecule has 0 saturated heterocycles. The van der Waals surface area contributed by atoms with Crippen LogP contribution in [0.15, 0.2) is 33.9 Å². The molecule has 1 saturated carbocycles. The van der Waals surface area contributed by atoms with Gasteiger partial charge in [-0.1, -0.05) is 11.6 Å². The van der Waals surface area contributed by atoms with Crippen LogP contribution in [0.1, 0.15) is 28.9 Å². The summed E-state index contributed by atoms with van der Waals surface area (Å²) in [7, 11) is 0.924. The van der Waals surface area contributed by atoms with E-state index in [0.717, 1.165) is 19.9 Å². The van der Waals surface area contributed by atoms with E-state index in [9.17, 15) is 27.6 Å². The molecule has 1 aromatic carbocycles. The van der Waals surface area contributed by atoms with Crippen molar-refractivity contribution in [3.05, 3.63) is 61.4 Å². The molecular weight excluding hydrogens is 361 g/mol. The highest BCUT2D eigenvalue weighted by molar-refractivity contribution is 6.34. The highest BCUT2D eigenvalue weighted by atomic mass is 35.5. The summed E-state index contributed by atoms with van der Waals surface area (Å²) in [6.45, 7) is 0. The first-order valence-corrected chi connectivity index (χ1v) is 7.73. The quantitative estimate of drug-likeness (QED) is 0.778. The number of ketones is 1. The monoisotopic (exact) mass is 372 g/mol. The molecule has 132 valence electrons. The minimum absolute atomic E-state index is 0.00674. The normalized spacial score (nSPS) is 14.6. The Labute approximate surface area is 144 Å². The number of halogens is 4. The fourth-order valence-electron chi connectivity index (χ4n) is 2.54. The van der Waals surface area contributed by atoms with Gasteiger partial charge in [-0.25, -0.2) is 9.36 Å². The van der Waals surface area contributed by atoms with Crippen molar-refractivity contribution in [1.29, 1.82) is 0 Å². The predicted octanol–water partition coefficient (Wildman–Crippen LogP) is 2.80. The second kappa shape index (κ2) is 5.87. The summed E-state index contributed by atoms with van der Waals surface area (Å²) in [4.78, 5) is 36.6. The molecule has 5 nitrogen and oxygen atoms in total. The van der Waals surface area contributed by atoms with Crippen molar-refractivity contribution < 1.29 is 18.0 Å². The molecule has 25 heavy (non-hydrogen) atoms. The summed E-state index contributed by atoms with van der Waals surface area (Å²) in [5.74, 6) is -0.344. The minimum Gasteiger partial charge on any atom is -0.294 e. The number of aromatic nitrogens is 2. The zero-order valence-corrected chi connectivity index (χ0v) is 13.7. The molecule has 0 aliphatic heterocycles. The van der Waals surface area contributed by atoms with Gasteiger partial charge in [0.15, 0.2) is 5.78 Å². The maximum atomic E-state index is 12.9. The third kappa shape index (κ3) is 3.13. The number of hydrogen-bond donors (Lipinski definition) is 0. The zero-order valence-electron chi connectivity index (χ0n) is 12.9. The molecule has 9 heteroatoms. The Bertz CT molecular complexity index is 988. The summed E-state index contributed by atoms with van der Waals surface area (Å²) in [6.07, 6.45) is -3.36. The van der Waals surface area contributed by atoms with E-state index in [4.69, 9.17) is 11.6 Å². The number of Topliss-reactive ketones (excluding diaryl/α,β-unsaturated/α-hetero) is 1. The maximum Gasteiger partial charge on any atom is 0.431 e. The minimum atomic E-state index is -4.83. The van der Waals surface area contributed by atoms with Gasteiger partial charge in [0.1, 0.15) is 5.69 Å². The average Bonchev–Trinajstić information content (AvgIpc) is 3.35. The second-order valence-corrected chi connectivity index (χ2v) is 6.25. The largest absolute Gasteiger partial charge is 0.431 e. The number of alkyl halides is 3. The number of carbonyl (C=O) groups is 1. The molecule has 0 atom stereocenters. The van der Waals surface area contributed by atoms with Crippen LogP contribution in [0.5, 0.6) is 0 Å². The van der Waals surface area contributed by atoms with Crippen molar-refractivity contribution >= 4 is 17.4 Å². The van der Waals surface area contributed by atoms with Gasteiger partial charge in [0.05, 0.1) is 10.7 Å². The first-order valence-electron chi connectivity index (χ1n) is 7.35. The Balaban J connectivity index is 2.19. The van der Waals surface area contributed by atoms with Gasteiger partial charge in [-0.3, -0.25) is 14.2 Å². The highest BCUT2D eigenvalue weighted by Gasteiger charge is 2.35. The van der Waals surface area contributed by atoms with Crippen LogP contribution in [0.4, 0.5) is 13.2 Å². The van der Waals surface area contributed by atoms with Gasteiger partial charge in [0, 0.05) is 24.6 Å². The van der Waals surface area contributed by atoms with Crippen molar-refractivity contribution in [1.82, 2.24) is 9.13 Å². The molecular formula is C16H12ClF3N2O3. The van der Waals surface area contributed by atoms with Crippen molar-refractivity contribution in [3.8, 4) is 5.69 Å². The fourth-order valence-corrected chi connectivity index (χ4v) is 2.75. The van der Waals surface area contributed by atoms with Crippen molar-refractivity contribution in [2.75, 3.05) is 0 Å². The number of carbonyl (C=O) groups excluding carboxylic acids is 1. The molecule has 0 unspecified atom stereocenters. The molecule has 0 spiro atoms. The van der Waals surface area contributed by atoms with Crippen LogP contribution >= 0.6 is 11.6 Å². The molecule has 0 amide bonds. The van der Waals surface area contributed by atoms with E-state index < -0.39 is 23.1 Å². The number of nitrogens with zero attached hydrogens (tertiary/aromatic N) is 2. The highest BCUT2D eigenvalue weighted by Crippen LogP contribution is 2.35. The summed E-state index contributed by atoms with van der Waals surface area (Å²) in [5.41, 5.74) is -3.50. The van der Waals surface area contributed by atoms with Gasteiger partial charge < -0.3 is 0 Å². The summed E-state index contributed by atoms with van der Waals surface area (Å²) < 4.78 is 39.6. The molecule has 1 fully saturated rings. The van der Waals surface area contributed by atoms with Gasteiger partial charge in [-0.2, -0.15) is 13.2 Å². The van der Waals surface area contributed by atoms with E-state index in [-0.39, 0.29) is 28.0 Å². The number of rotatable bonds is 3. The Hall–Kier alpha value is -2.35. The second-order valence-electron chi connectivity index (χ2n) is 5.85. The number of benzene rings is 1. The topological polar surface area (TPSA) is 61.1 Å². The van der Waals surface area contributed by atoms with E-state index in [0.29, 0.717) is 15.2 Å². The molecule has 0 N–H and O–H groups in total. The third-order valence-electron chi connectivity index (χ3n) is 4.03. The lowest BCUT2D eigenvalue weighted by Gasteiger charge is -2.14. The van der Waals surface area contributed by atoms with E-state index >= 15 is 0 Å². The van der Waals surface area contributed by atoms with Crippen LogP contribution in [0.3, 0.4) is 0 Å². The number of hydrogen-bond acceptors (Lipinski definition) is 3. The van der Waals surface area contributed by atoms with Gasteiger partial charge in [-0.05, 0) is 31.0 Å². The summed E-state index contributed by atoms with van der Waals surface area (Å²) in [6, 6.07) is 4.26. The van der Waals surface area contributed by atoms with Crippen molar-refractivity contribution in [3.63, 3.8) is 0 Å². The standard InChI is InChI=1S/C16H12ClF3N2O3/c1-21-12(16(18,19)20)7-13(23)22(15(21)25)9-4-5-11(17)10(6-9)14(24)8-2-3-8/h4-8H,2-3H2,1H3. The van der Waals surface area contributed by atoms with Crippen LogP contribution in [-0.2, 0) is 13.2 Å². The lowest BCUT2D eigenvalue weighted by Crippen LogP contribution is -2.40. The molecule has 1 heterocycles. The lowest BCUT2D eigenvalue weighted by atomic mass is 10.1. The van der Waals surface area contributed by atoms with Crippen molar-refractivity contribution in [2.45, 2.75) is 19.0 Å². The van der Waals surface area contributed by atoms with Gasteiger partial charge in [0.2, 0.25) is 0 Å². The molecule has 1 aliphatic carbocycles. The molecule has 1 aromatic heterocycles. The van der Waals surface area contributed by atoms with Crippen LogP contribution in [0.25, 0.3) is 5.69 Å². The molecule has 2 aromatic rings.